The molecule has 1 aromatic heterocycles. The van der Waals surface area contributed by atoms with Crippen LogP contribution in [0, 0.1) is 6.92 Å². The molecule has 0 radical (unpaired) electrons. The summed E-state index contributed by atoms with van der Waals surface area (Å²) < 4.78 is 0.909. The number of aryl methyl sites for hydroxylation is 1. The van der Waals surface area contributed by atoms with Crippen LogP contribution in [0.1, 0.15) is 21.6 Å². The molecule has 0 spiro atoms. The van der Waals surface area contributed by atoms with Gasteiger partial charge in [-0.25, -0.2) is 0 Å². The van der Waals surface area contributed by atoms with Crippen molar-refractivity contribution in [1.82, 2.24) is 4.98 Å². The van der Waals surface area contributed by atoms with Crippen LogP contribution in [-0.4, -0.2) is 10.9 Å². The number of carbonyl (C=O) groups excluding carboxylic acids is 1. The SMILES string of the molecule is Cc1ccccc1CNc1ccnc(C(=O)Nc2cccc(Br)c2)c1. The second-order valence-corrected chi connectivity index (χ2v) is 6.59. The Kier molecular flexibility index (Phi) is 5.46. The highest BCUT2D eigenvalue weighted by Gasteiger charge is 2.09. The van der Waals surface area contributed by atoms with Gasteiger partial charge in [-0.2, -0.15) is 0 Å². The topological polar surface area (TPSA) is 54.0 Å². The highest BCUT2D eigenvalue weighted by molar-refractivity contribution is 9.10. The van der Waals surface area contributed by atoms with Crippen LogP contribution < -0.4 is 10.6 Å². The third kappa shape index (κ3) is 4.67. The van der Waals surface area contributed by atoms with E-state index in [2.05, 4.69) is 50.6 Å². The molecule has 0 aliphatic heterocycles. The molecule has 0 aliphatic carbocycles. The van der Waals surface area contributed by atoms with Gasteiger partial charge in [-0.3, -0.25) is 9.78 Å². The zero-order valence-corrected chi connectivity index (χ0v) is 15.4. The molecule has 0 saturated carbocycles. The van der Waals surface area contributed by atoms with E-state index in [1.54, 1.807) is 12.3 Å². The zero-order chi connectivity index (χ0) is 17.6. The number of amides is 1. The fourth-order valence-corrected chi connectivity index (χ4v) is 2.83. The van der Waals surface area contributed by atoms with Gasteiger partial charge < -0.3 is 10.6 Å². The lowest BCUT2D eigenvalue weighted by Gasteiger charge is -2.10. The molecular weight excluding hydrogens is 378 g/mol. The van der Waals surface area contributed by atoms with Gasteiger partial charge in [0.25, 0.3) is 5.91 Å². The van der Waals surface area contributed by atoms with Gasteiger partial charge in [0, 0.05) is 28.6 Å². The maximum Gasteiger partial charge on any atom is 0.274 e. The molecule has 1 amide bonds. The Labute approximate surface area is 155 Å². The summed E-state index contributed by atoms with van der Waals surface area (Å²) in [6.45, 7) is 2.78. The summed E-state index contributed by atoms with van der Waals surface area (Å²) in [5, 5.41) is 6.19. The van der Waals surface area contributed by atoms with Gasteiger partial charge in [-0.1, -0.05) is 46.3 Å². The molecule has 3 rings (SSSR count). The van der Waals surface area contributed by atoms with Crippen molar-refractivity contribution in [2.24, 2.45) is 0 Å². The van der Waals surface area contributed by atoms with E-state index >= 15 is 0 Å². The number of pyridine rings is 1. The second-order valence-electron chi connectivity index (χ2n) is 5.67. The molecule has 2 aromatic carbocycles. The smallest absolute Gasteiger partial charge is 0.274 e. The van der Waals surface area contributed by atoms with Gasteiger partial charge in [-0.15, -0.1) is 0 Å². The van der Waals surface area contributed by atoms with E-state index in [4.69, 9.17) is 0 Å². The summed E-state index contributed by atoms with van der Waals surface area (Å²) in [5.74, 6) is -0.238. The lowest BCUT2D eigenvalue weighted by atomic mass is 10.1. The van der Waals surface area contributed by atoms with Gasteiger partial charge in [0.05, 0.1) is 0 Å². The standard InChI is InChI=1S/C20H18BrN3O/c1-14-5-2-3-6-15(14)13-23-17-9-10-22-19(12-17)20(25)24-18-8-4-7-16(21)11-18/h2-12H,13H2,1H3,(H,22,23)(H,24,25). The third-order valence-corrected chi connectivity index (χ3v) is 4.31. The Morgan fingerprint density at radius 1 is 1.04 bits per heavy atom. The van der Waals surface area contributed by atoms with Crippen molar-refractivity contribution in [2.75, 3.05) is 10.6 Å². The summed E-state index contributed by atoms with van der Waals surface area (Å²) in [5.41, 5.74) is 4.41. The lowest BCUT2D eigenvalue weighted by Crippen LogP contribution is -2.14. The average molecular weight is 396 g/mol. The number of aromatic nitrogens is 1. The molecule has 126 valence electrons. The van der Waals surface area contributed by atoms with E-state index in [0.29, 0.717) is 12.2 Å². The first-order valence-electron chi connectivity index (χ1n) is 7.93. The Bertz CT molecular complexity index is 895. The molecule has 0 atom stereocenters. The van der Waals surface area contributed by atoms with Crippen LogP contribution >= 0.6 is 15.9 Å². The van der Waals surface area contributed by atoms with Crippen molar-refractivity contribution >= 4 is 33.2 Å². The highest BCUT2D eigenvalue weighted by atomic mass is 79.9. The first kappa shape index (κ1) is 17.2. The molecule has 0 saturated heterocycles. The number of carbonyl (C=O) groups is 1. The predicted molar refractivity (Wildman–Crippen MR) is 105 cm³/mol. The number of nitrogens with zero attached hydrogens (tertiary/aromatic N) is 1. The fourth-order valence-electron chi connectivity index (χ4n) is 2.43. The fraction of sp³-hybridized carbons (Fsp3) is 0.100. The minimum atomic E-state index is -0.238. The van der Waals surface area contributed by atoms with Crippen LogP contribution in [-0.2, 0) is 6.54 Å². The molecule has 3 aromatic rings. The number of halogens is 1. The van der Waals surface area contributed by atoms with Crippen LogP contribution in [0.4, 0.5) is 11.4 Å². The average Bonchev–Trinajstić information content (AvgIpc) is 2.61. The highest BCUT2D eigenvalue weighted by Crippen LogP contribution is 2.17. The zero-order valence-electron chi connectivity index (χ0n) is 13.8. The van der Waals surface area contributed by atoms with Gasteiger partial charge >= 0.3 is 0 Å². The van der Waals surface area contributed by atoms with Crippen LogP contribution in [0.25, 0.3) is 0 Å². The normalized spacial score (nSPS) is 10.3. The van der Waals surface area contributed by atoms with Gasteiger partial charge in [0.2, 0.25) is 0 Å². The summed E-state index contributed by atoms with van der Waals surface area (Å²) >= 11 is 3.39. The number of nitrogens with one attached hydrogen (secondary N) is 2. The van der Waals surface area contributed by atoms with E-state index in [9.17, 15) is 4.79 Å². The van der Waals surface area contributed by atoms with E-state index in [-0.39, 0.29) is 5.91 Å². The van der Waals surface area contributed by atoms with E-state index in [1.165, 1.54) is 11.1 Å². The quantitative estimate of drug-likeness (QED) is 0.637. The van der Waals surface area contributed by atoms with Crippen LogP contribution in [0.5, 0.6) is 0 Å². The Hall–Kier alpha value is -2.66. The number of benzene rings is 2. The Balaban J connectivity index is 1.68. The first-order valence-corrected chi connectivity index (χ1v) is 8.72. The molecule has 0 fully saturated rings. The van der Waals surface area contributed by atoms with Crippen molar-refractivity contribution in [1.29, 1.82) is 0 Å². The molecule has 0 unspecified atom stereocenters. The summed E-state index contributed by atoms with van der Waals surface area (Å²) in [6, 6.07) is 19.3. The summed E-state index contributed by atoms with van der Waals surface area (Å²) in [6.07, 6.45) is 1.63. The molecular formula is C20H18BrN3O. The molecule has 4 nitrogen and oxygen atoms in total. The van der Waals surface area contributed by atoms with Gasteiger partial charge in [0.1, 0.15) is 5.69 Å². The molecule has 1 heterocycles. The molecule has 2 N–H and O–H groups in total. The van der Waals surface area contributed by atoms with Gasteiger partial charge in [-0.05, 0) is 48.4 Å². The molecule has 0 bridgehead atoms. The third-order valence-electron chi connectivity index (χ3n) is 3.82. The van der Waals surface area contributed by atoms with Crippen LogP contribution in [0.3, 0.4) is 0 Å². The first-order chi connectivity index (χ1) is 12.1. The van der Waals surface area contributed by atoms with Crippen molar-refractivity contribution in [2.45, 2.75) is 13.5 Å². The largest absolute Gasteiger partial charge is 0.381 e. The van der Waals surface area contributed by atoms with E-state index in [0.717, 1.165) is 15.8 Å². The number of anilines is 2. The number of rotatable bonds is 5. The Morgan fingerprint density at radius 3 is 2.68 bits per heavy atom. The lowest BCUT2D eigenvalue weighted by molar-refractivity contribution is 0.102. The van der Waals surface area contributed by atoms with Crippen LogP contribution in [0.2, 0.25) is 0 Å². The molecule has 5 heteroatoms. The summed E-state index contributed by atoms with van der Waals surface area (Å²) in [4.78, 5) is 16.6. The van der Waals surface area contributed by atoms with Crippen molar-refractivity contribution in [3.63, 3.8) is 0 Å². The maximum atomic E-state index is 12.4. The number of hydrogen-bond acceptors (Lipinski definition) is 3. The minimum absolute atomic E-state index is 0.238. The summed E-state index contributed by atoms with van der Waals surface area (Å²) in [7, 11) is 0. The second kappa shape index (κ2) is 7.94. The maximum absolute atomic E-state index is 12.4. The van der Waals surface area contributed by atoms with Crippen molar-refractivity contribution in [3.8, 4) is 0 Å². The minimum Gasteiger partial charge on any atom is -0.381 e. The van der Waals surface area contributed by atoms with Crippen molar-refractivity contribution in [3.05, 3.63) is 88.2 Å². The number of hydrogen-bond donors (Lipinski definition) is 2. The monoisotopic (exact) mass is 395 g/mol. The van der Waals surface area contributed by atoms with Crippen LogP contribution in [0.15, 0.2) is 71.3 Å². The predicted octanol–water partition coefficient (Wildman–Crippen LogP) is 5.02. The van der Waals surface area contributed by atoms with Gasteiger partial charge in [0.15, 0.2) is 0 Å². The van der Waals surface area contributed by atoms with E-state index < -0.39 is 0 Å². The molecule has 25 heavy (non-hydrogen) atoms. The Morgan fingerprint density at radius 2 is 1.88 bits per heavy atom. The van der Waals surface area contributed by atoms with E-state index in [1.807, 2.05) is 42.5 Å². The van der Waals surface area contributed by atoms with Crippen molar-refractivity contribution < 1.29 is 4.79 Å². The molecule has 0 aliphatic rings.